The van der Waals surface area contributed by atoms with Gasteiger partial charge in [0.2, 0.25) is 0 Å². The minimum atomic E-state index is -0.450. The Hall–Kier alpha value is -0.580. The number of ketones is 1. The Morgan fingerprint density at radius 2 is 1.74 bits per heavy atom. The number of alkyl halides is 1. The van der Waals surface area contributed by atoms with E-state index in [1.165, 1.54) is 0 Å². The van der Waals surface area contributed by atoms with Crippen molar-refractivity contribution in [3.63, 3.8) is 0 Å². The molecule has 0 aromatic carbocycles. The molecule has 1 aliphatic heterocycles. The first-order chi connectivity index (χ1) is 8.83. The number of hydrogen-bond donors (Lipinski definition) is 0. The van der Waals surface area contributed by atoms with Crippen LogP contribution < -0.4 is 0 Å². The highest BCUT2D eigenvalue weighted by Gasteiger charge is 2.25. The third-order valence-corrected chi connectivity index (χ3v) is 3.75. The fourth-order valence-corrected chi connectivity index (χ4v) is 2.71. The molecule has 110 valence electrons. The SMILES string of the molecule is CC(C)(C)OC(=O)N1CCCC(C(=O)CBr)CCC1. The van der Waals surface area contributed by atoms with Gasteiger partial charge in [-0.25, -0.2) is 4.79 Å². The number of rotatable bonds is 2. The maximum atomic E-state index is 12.0. The van der Waals surface area contributed by atoms with Gasteiger partial charge in [0.05, 0.1) is 5.33 Å². The van der Waals surface area contributed by atoms with Crippen molar-refractivity contribution in [2.75, 3.05) is 18.4 Å². The van der Waals surface area contributed by atoms with Crippen molar-refractivity contribution in [1.82, 2.24) is 4.90 Å². The highest BCUT2D eigenvalue weighted by molar-refractivity contribution is 9.09. The minimum absolute atomic E-state index is 0.153. The van der Waals surface area contributed by atoms with E-state index in [2.05, 4.69) is 15.9 Å². The van der Waals surface area contributed by atoms with E-state index < -0.39 is 5.60 Å². The average Bonchev–Trinajstić information content (AvgIpc) is 2.25. The van der Waals surface area contributed by atoms with Gasteiger partial charge in [0.1, 0.15) is 11.4 Å². The predicted octanol–water partition coefficient (Wildman–Crippen LogP) is 3.38. The first-order valence-corrected chi connectivity index (χ1v) is 8.02. The zero-order valence-corrected chi connectivity index (χ0v) is 13.7. The molecule has 0 radical (unpaired) electrons. The molecule has 1 fully saturated rings. The Balaban J connectivity index is 2.47. The molecule has 4 nitrogen and oxygen atoms in total. The summed E-state index contributed by atoms with van der Waals surface area (Å²) >= 11 is 3.23. The van der Waals surface area contributed by atoms with Gasteiger partial charge in [-0.05, 0) is 46.5 Å². The zero-order valence-electron chi connectivity index (χ0n) is 12.1. The van der Waals surface area contributed by atoms with Crippen molar-refractivity contribution in [3.8, 4) is 0 Å². The Morgan fingerprint density at radius 1 is 1.21 bits per heavy atom. The molecule has 19 heavy (non-hydrogen) atoms. The van der Waals surface area contributed by atoms with Crippen LogP contribution in [-0.2, 0) is 9.53 Å². The van der Waals surface area contributed by atoms with Gasteiger partial charge in [0, 0.05) is 19.0 Å². The molecule has 1 amide bonds. The molecule has 0 saturated carbocycles. The van der Waals surface area contributed by atoms with Crippen molar-refractivity contribution in [1.29, 1.82) is 0 Å². The molecule has 0 aliphatic carbocycles. The molecule has 0 atom stereocenters. The van der Waals surface area contributed by atoms with Gasteiger partial charge in [-0.15, -0.1) is 0 Å². The maximum Gasteiger partial charge on any atom is 0.410 e. The molecule has 5 heteroatoms. The van der Waals surface area contributed by atoms with Crippen LogP contribution in [0.5, 0.6) is 0 Å². The summed E-state index contributed by atoms with van der Waals surface area (Å²) in [5, 5.41) is 0.438. The number of likely N-dealkylation sites (tertiary alicyclic amines) is 1. The zero-order chi connectivity index (χ0) is 14.5. The molecule has 1 aliphatic rings. The lowest BCUT2D eigenvalue weighted by molar-refractivity contribution is -0.120. The second kappa shape index (κ2) is 7.27. The van der Waals surface area contributed by atoms with E-state index in [1.54, 1.807) is 4.90 Å². The van der Waals surface area contributed by atoms with Gasteiger partial charge in [0.15, 0.2) is 0 Å². The monoisotopic (exact) mass is 333 g/mol. The summed E-state index contributed by atoms with van der Waals surface area (Å²) in [5.74, 6) is 0.436. The standard InChI is InChI=1S/C14H24BrNO3/c1-14(2,3)19-13(18)16-8-4-6-11(7-5-9-16)12(17)10-15/h11H,4-10H2,1-3H3. The van der Waals surface area contributed by atoms with Crippen molar-refractivity contribution >= 4 is 27.8 Å². The fourth-order valence-electron chi connectivity index (χ4n) is 2.25. The third-order valence-electron chi connectivity index (χ3n) is 3.20. The van der Waals surface area contributed by atoms with Gasteiger partial charge in [0.25, 0.3) is 0 Å². The van der Waals surface area contributed by atoms with Crippen LogP contribution in [0.2, 0.25) is 0 Å². The molecule has 0 spiro atoms. The molecule has 1 saturated heterocycles. The van der Waals surface area contributed by atoms with E-state index in [0.29, 0.717) is 18.4 Å². The molecule has 0 N–H and O–H groups in total. The lowest BCUT2D eigenvalue weighted by Crippen LogP contribution is -2.39. The second-order valence-electron chi connectivity index (χ2n) is 6.05. The van der Waals surface area contributed by atoms with Gasteiger partial charge in [-0.1, -0.05) is 15.9 Å². The van der Waals surface area contributed by atoms with Crippen LogP contribution in [0.15, 0.2) is 0 Å². The van der Waals surface area contributed by atoms with Crippen molar-refractivity contribution in [2.24, 2.45) is 5.92 Å². The average molecular weight is 334 g/mol. The predicted molar refractivity (Wildman–Crippen MR) is 78.6 cm³/mol. The van der Waals surface area contributed by atoms with Crippen LogP contribution in [0, 0.1) is 5.92 Å². The van der Waals surface area contributed by atoms with E-state index in [9.17, 15) is 9.59 Å². The van der Waals surface area contributed by atoms with E-state index in [-0.39, 0.29) is 17.8 Å². The summed E-state index contributed by atoms with van der Waals surface area (Å²) in [6, 6.07) is 0. The summed E-state index contributed by atoms with van der Waals surface area (Å²) in [6.07, 6.45) is 3.22. The summed E-state index contributed by atoms with van der Waals surface area (Å²) in [4.78, 5) is 25.4. The summed E-state index contributed by atoms with van der Waals surface area (Å²) in [5.41, 5.74) is -0.450. The second-order valence-corrected chi connectivity index (χ2v) is 6.61. The molecule has 1 rings (SSSR count). The highest BCUT2D eigenvalue weighted by atomic mass is 79.9. The van der Waals surface area contributed by atoms with Gasteiger partial charge < -0.3 is 9.64 Å². The fraction of sp³-hybridized carbons (Fsp3) is 0.857. The largest absolute Gasteiger partial charge is 0.444 e. The quantitative estimate of drug-likeness (QED) is 0.728. The highest BCUT2D eigenvalue weighted by Crippen LogP contribution is 2.21. The molecular formula is C14H24BrNO3. The number of carbonyl (C=O) groups excluding carboxylic acids is 2. The maximum absolute atomic E-state index is 12.0. The van der Waals surface area contributed by atoms with Crippen molar-refractivity contribution in [3.05, 3.63) is 0 Å². The topological polar surface area (TPSA) is 46.6 Å². The summed E-state index contributed by atoms with van der Waals surface area (Å²) in [7, 11) is 0. The van der Waals surface area contributed by atoms with Crippen molar-refractivity contribution in [2.45, 2.75) is 52.1 Å². The first kappa shape index (κ1) is 16.5. The van der Waals surface area contributed by atoms with Crippen LogP contribution in [0.25, 0.3) is 0 Å². The normalized spacial score (nSPS) is 18.6. The summed E-state index contributed by atoms with van der Waals surface area (Å²) in [6.45, 7) is 6.99. The lowest BCUT2D eigenvalue weighted by Gasteiger charge is -2.30. The van der Waals surface area contributed by atoms with Gasteiger partial charge >= 0.3 is 6.09 Å². The number of nitrogens with zero attached hydrogens (tertiary/aromatic N) is 1. The van der Waals surface area contributed by atoms with E-state index in [0.717, 1.165) is 25.7 Å². The molecule has 0 aromatic rings. The molecule has 0 aromatic heterocycles. The van der Waals surface area contributed by atoms with E-state index in [4.69, 9.17) is 4.74 Å². The third kappa shape index (κ3) is 5.93. The Kier molecular flexibility index (Phi) is 6.30. The first-order valence-electron chi connectivity index (χ1n) is 6.90. The number of Topliss-reactive ketones (excluding diaryl/α,β-unsaturated/α-hetero) is 1. The van der Waals surface area contributed by atoms with E-state index >= 15 is 0 Å². The summed E-state index contributed by atoms with van der Waals surface area (Å²) < 4.78 is 5.38. The van der Waals surface area contributed by atoms with Crippen LogP contribution >= 0.6 is 15.9 Å². The van der Waals surface area contributed by atoms with Crippen LogP contribution in [-0.4, -0.2) is 40.8 Å². The van der Waals surface area contributed by atoms with E-state index in [1.807, 2.05) is 20.8 Å². The van der Waals surface area contributed by atoms with Crippen molar-refractivity contribution < 1.29 is 14.3 Å². The number of ether oxygens (including phenoxy) is 1. The number of hydrogen-bond acceptors (Lipinski definition) is 3. The van der Waals surface area contributed by atoms with Gasteiger partial charge in [-0.3, -0.25) is 4.79 Å². The molecular weight excluding hydrogens is 310 g/mol. The molecule has 0 bridgehead atoms. The Labute approximate surface area is 124 Å². The van der Waals surface area contributed by atoms with Crippen LogP contribution in [0.4, 0.5) is 4.79 Å². The number of amides is 1. The molecule has 1 heterocycles. The van der Waals surface area contributed by atoms with Gasteiger partial charge in [-0.2, -0.15) is 0 Å². The molecule has 0 unspecified atom stereocenters. The smallest absolute Gasteiger partial charge is 0.410 e. The minimum Gasteiger partial charge on any atom is -0.444 e. The number of halogens is 1. The Morgan fingerprint density at radius 3 is 2.16 bits per heavy atom. The Bertz CT molecular complexity index is 315. The number of carbonyl (C=O) groups is 2. The lowest BCUT2D eigenvalue weighted by atomic mass is 9.92. The van der Waals surface area contributed by atoms with Crippen LogP contribution in [0.3, 0.4) is 0 Å². The van der Waals surface area contributed by atoms with Crippen LogP contribution in [0.1, 0.15) is 46.5 Å².